The number of halogens is 1. The summed E-state index contributed by atoms with van der Waals surface area (Å²) in [7, 11) is 1.38. The van der Waals surface area contributed by atoms with Crippen LogP contribution in [-0.2, 0) is 16.0 Å². The van der Waals surface area contributed by atoms with Crippen LogP contribution in [-0.4, -0.2) is 26.2 Å². The highest BCUT2D eigenvalue weighted by Crippen LogP contribution is 2.10. The zero-order valence-corrected chi connectivity index (χ0v) is 10.3. The minimum atomic E-state index is -0.213. The smallest absolute Gasteiger partial charge is 0.306 e. The van der Waals surface area contributed by atoms with Crippen molar-refractivity contribution in [3.63, 3.8) is 0 Å². The van der Waals surface area contributed by atoms with E-state index in [4.69, 9.17) is 0 Å². The molecule has 0 aliphatic carbocycles. The highest BCUT2D eigenvalue weighted by Gasteiger charge is 2.01. The Bertz CT molecular complexity index is 380. The number of hydrogen-bond donors (Lipinski definition) is 1. The van der Waals surface area contributed by atoms with E-state index in [9.17, 15) is 9.18 Å². The molecule has 0 saturated heterocycles. The lowest BCUT2D eigenvalue weighted by Gasteiger charge is -2.07. The zero-order valence-electron chi connectivity index (χ0n) is 10.3. The van der Waals surface area contributed by atoms with Gasteiger partial charge in [-0.05, 0) is 43.1 Å². The van der Waals surface area contributed by atoms with E-state index in [0.29, 0.717) is 13.0 Å². The lowest BCUT2D eigenvalue weighted by molar-refractivity contribution is -0.140. The van der Waals surface area contributed by atoms with Crippen molar-refractivity contribution in [3.8, 4) is 0 Å². The first-order chi connectivity index (χ1) is 8.13. The van der Waals surface area contributed by atoms with E-state index in [2.05, 4.69) is 10.1 Å². The second kappa shape index (κ2) is 7.01. The van der Waals surface area contributed by atoms with Crippen molar-refractivity contribution in [3.05, 3.63) is 35.1 Å². The van der Waals surface area contributed by atoms with Crippen LogP contribution in [0.3, 0.4) is 0 Å². The topological polar surface area (TPSA) is 38.3 Å². The number of nitrogens with one attached hydrogen (secondary N) is 1. The van der Waals surface area contributed by atoms with E-state index in [1.54, 1.807) is 6.07 Å². The van der Waals surface area contributed by atoms with Crippen LogP contribution < -0.4 is 5.32 Å². The van der Waals surface area contributed by atoms with Crippen LogP contribution in [0.25, 0.3) is 0 Å². The number of rotatable bonds is 6. The molecule has 0 radical (unpaired) electrons. The quantitative estimate of drug-likeness (QED) is 0.608. The SMILES string of the molecule is COC(=O)CCNCCc1ccc(F)cc1C. The van der Waals surface area contributed by atoms with E-state index < -0.39 is 0 Å². The summed E-state index contributed by atoms with van der Waals surface area (Å²) in [5.74, 6) is -0.416. The fraction of sp³-hybridized carbons (Fsp3) is 0.462. The largest absolute Gasteiger partial charge is 0.469 e. The van der Waals surface area contributed by atoms with Crippen LogP contribution in [0, 0.1) is 12.7 Å². The Hall–Kier alpha value is -1.42. The highest BCUT2D eigenvalue weighted by atomic mass is 19.1. The van der Waals surface area contributed by atoms with Gasteiger partial charge in [0.25, 0.3) is 0 Å². The summed E-state index contributed by atoms with van der Waals surface area (Å²) in [5, 5.41) is 3.15. The molecular formula is C13H18FNO2. The fourth-order valence-electron chi connectivity index (χ4n) is 1.58. The van der Waals surface area contributed by atoms with Crippen LogP contribution in [0.15, 0.2) is 18.2 Å². The van der Waals surface area contributed by atoms with Gasteiger partial charge in [-0.1, -0.05) is 6.07 Å². The summed E-state index contributed by atoms with van der Waals surface area (Å²) >= 11 is 0. The zero-order chi connectivity index (χ0) is 12.7. The molecule has 4 heteroatoms. The molecule has 0 aromatic heterocycles. The van der Waals surface area contributed by atoms with Crippen molar-refractivity contribution < 1.29 is 13.9 Å². The van der Waals surface area contributed by atoms with Gasteiger partial charge in [0.05, 0.1) is 13.5 Å². The second-order valence-electron chi connectivity index (χ2n) is 3.90. The van der Waals surface area contributed by atoms with E-state index in [0.717, 1.165) is 24.1 Å². The molecule has 94 valence electrons. The molecule has 0 heterocycles. The molecule has 0 fully saturated rings. The number of carbonyl (C=O) groups is 1. The first-order valence-electron chi connectivity index (χ1n) is 5.66. The van der Waals surface area contributed by atoms with Crippen LogP contribution in [0.4, 0.5) is 4.39 Å². The van der Waals surface area contributed by atoms with Crippen LogP contribution in [0.5, 0.6) is 0 Å². The molecular weight excluding hydrogens is 221 g/mol. The van der Waals surface area contributed by atoms with Gasteiger partial charge in [0.1, 0.15) is 5.82 Å². The number of methoxy groups -OCH3 is 1. The van der Waals surface area contributed by atoms with Crippen molar-refractivity contribution in [1.82, 2.24) is 5.32 Å². The van der Waals surface area contributed by atoms with Gasteiger partial charge in [0.2, 0.25) is 0 Å². The lowest BCUT2D eigenvalue weighted by atomic mass is 10.1. The van der Waals surface area contributed by atoms with E-state index in [1.807, 2.05) is 6.92 Å². The average Bonchev–Trinajstić information content (AvgIpc) is 2.30. The molecule has 0 bridgehead atoms. The Morgan fingerprint density at radius 2 is 2.18 bits per heavy atom. The van der Waals surface area contributed by atoms with Gasteiger partial charge in [-0.3, -0.25) is 4.79 Å². The van der Waals surface area contributed by atoms with Crippen molar-refractivity contribution in [2.24, 2.45) is 0 Å². The predicted molar refractivity (Wildman–Crippen MR) is 64.3 cm³/mol. The Balaban J connectivity index is 2.24. The van der Waals surface area contributed by atoms with Gasteiger partial charge in [-0.25, -0.2) is 4.39 Å². The van der Waals surface area contributed by atoms with Gasteiger partial charge in [-0.15, -0.1) is 0 Å². The molecule has 1 N–H and O–H groups in total. The van der Waals surface area contributed by atoms with Crippen LogP contribution >= 0.6 is 0 Å². The fourth-order valence-corrected chi connectivity index (χ4v) is 1.58. The van der Waals surface area contributed by atoms with Crippen molar-refractivity contribution in [2.45, 2.75) is 19.8 Å². The molecule has 3 nitrogen and oxygen atoms in total. The van der Waals surface area contributed by atoms with Crippen molar-refractivity contribution in [1.29, 1.82) is 0 Å². The van der Waals surface area contributed by atoms with E-state index in [-0.39, 0.29) is 11.8 Å². The van der Waals surface area contributed by atoms with Crippen molar-refractivity contribution >= 4 is 5.97 Å². The van der Waals surface area contributed by atoms with Gasteiger partial charge in [0, 0.05) is 6.54 Å². The molecule has 0 amide bonds. The first kappa shape index (κ1) is 13.6. The highest BCUT2D eigenvalue weighted by molar-refractivity contribution is 5.69. The number of benzene rings is 1. The van der Waals surface area contributed by atoms with Gasteiger partial charge >= 0.3 is 5.97 Å². The Morgan fingerprint density at radius 3 is 2.82 bits per heavy atom. The van der Waals surface area contributed by atoms with Crippen molar-refractivity contribution in [2.75, 3.05) is 20.2 Å². The van der Waals surface area contributed by atoms with E-state index >= 15 is 0 Å². The maximum Gasteiger partial charge on any atom is 0.306 e. The van der Waals surface area contributed by atoms with Crippen LogP contribution in [0.1, 0.15) is 17.5 Å². The Kier molecular flexibility index (Phi) is 5.63. The molecule has 1 rings (SSSR count). The van der Waals surface area contributed by atoms with Crippen LogP contribution in [0.2, 0.25) is 0 Å². The summed E-state index contributed by atoms with van der Waals surface area (Å²) in [6, 6.07) is 4.80. The molecule has 17 heavy (non-hydrogen) atoms. The average molecular weight is 239 g/mol. The third kappa shape index (κ3) is 4.95. The standard InChI is InChI=1S/C13H18FNO2/c1-10-9-12(14)4-3-11(10)5-7-15-8-6-13(16)17-2/h3-4,9,15H,5-8H2,1-2H3. The Morgan fingerprint density at radius 1 is 1.41 bits per heavy atom. The normalized spacial score (nSPS) is 10.3. The number of esters is 1. The summed E-state index contributed by atoms with van der Waals surface area (Å²) in [6.45, 7) is 3.27. The summed E-state index contributed by atoms with van der Waals surface area (Å²) in [4.78, 5) is 10.8. The summed E-state index contributed by atoms with van der Waals surface area (Å²) < 4.78 is 17.4. The number of hydrogen-bond acceptors (Lipinski definition) is 3. The molecule has 0 atom stereocenters. The minimum absolute atomic E-state index is 0.204. The maximum absolute atomic E-state index is 12.9. The monoisotopic (exact) mass is 239 g/mol. The van der Waals surface area contributed by atoms with Gasteiger partial charge in [-0.2, -0.15) is 0 Å². The van der Waals surface area contributed by atoms with Gasteiger partial charge < -0.3 is 10.1 Å². The third-order valence-electron chi connectivity index (χ3n) is 2.61. The molecule has 0 unspecified atom stereocenters. The Labute approximate surface area is 101 Å². The summed E-state index contributed by atoms with van der Waals surface area (Å²) in [5.41, 5.74) is 2.08. The van der Waals surface area contributed by atoms with E-state index in [1.165, 1.54) is 19.2 Å². The molecule has 1 aromatic rings. The second-order valence-corrected chi connectivity index (χ2v) is 3.90. The number of aryl methyl sites for hydroxylation is 1. The minimum Gasteiger partial charge on any atom is -0.469 e. The molecule has 0 spiro atoms. The first-order valence-corrected chi connectivity index (χ1v) is 5.66. The predicted octanol–water partition coefficient (Wildman–Crippen LogP) is 1.83. The third-order valence-corrected chi connectivity index (χ3v) is 2.61. The molecule has 0 aliphatic rings. The number of carbonyl (C=O) groups excluding carboxylic acids is 1. The summed E-state index contributed by atoms with van der Waals surface area (Å²) in [6.07, 6.45) is 1.20. The van der Waals surface area contributed by atoms with Gasteiger partial charge in [0.15, 0.2) is 0 Å². The molecule has 0 saturated carbocycles. The molecule has 0 aliphatic heterocycles. The maximum atomic E-state index is 12.9. The molecule has 1 aromatic carbocycles. The number of ether oxygens (including phenoxy) is 1. The lowest BCUT2D eigenvalue weighted by Crippen LogP contribution is -2.21.